The Morgan fingerprint density at radius 1 is 1.44 bits per heavy atom. The van der Waals surface area contributed by atoms with E-state index >= 15 is 0 Å². The van der Waals surface area contributed by atoms with Crippen molar-refractivity contribution >= 4 is 15.7 Å². The summed E-state index contributed by atoms with van der Waals surface area (Å²) in [5.74, 6) is 0. The molecule has 0 atom stereocenters. The number of sulfonamides is 1. The molecule has 0 aromatic heterocycles. The number of nitrogen functional groups attached to an aromatic ring is 1. The summed E-state index contributed by atoms with van der Waals surface area (Å²) in [6, 6.07) is 4.93. The van der Waals surface area contributed by atoms with Gasteiger partial charge in [0.2, 0.25) is 10.0 Å². The smallest absolute Gasteiger partial charge is 0.243 e. The SMILES string of the molecule is C=CCN(CCC)S(=O)(=O)c1cc(N)ccc1C. The summed E-state index contributed by atoms with van der Waals surface area (Å²) < 4.78 is 26.4. The monoisotopic (exact) mass is 268 g/mol. The molecule has 0 saturated carbocycles. The van der Waals surface area contributed by atoms with Gasteiger partial charge in [-0.1, -0.05) is 19.1 Å². The Balaban J connectivity index is 3.25. The Labute approximate surface area is 109 Å². The molecule has 18 heavy (non-hydrogen) atoms. The Morgan fingerprint density at radius 3 is 2.67 bits per heavy atom. The van der Waals surface area contributed by atoms with Gasteiger partial charge in [-0.15, -0.1) is 6.58 Å². The second-order valence-electron chi connectivity index (χ2n) is 4.18. The topological polar surface area (TPSA) is 63.4 Å². The number of hydrogen-bond acceptors (Lipinski definition) is 3. The first-order valence-electron chi connectivity index (χ1n) is 5.90. The number of nitrogens with two attached hydrogens (primary N) is 1. The predicted molar refractivity (Wildman–Crippen MR) is 74.8 cm³/mol. The van der Waals surface area contributed by atoms with Crippen LogP contribution in [0, 0.1) is 6.92 Å². The zero-order valence-electron chi connectivity index (χ0n) is 10.9. The summed E-state index contributed by atoms with van der Waals surface area (Å²) >= 11 is 0. The van der Waals surface area contributed by atoms with Crippen LogP contribution in [0.25, 0.3) is 0 Å². The van der Waals surface area contributed by atoms with Gasteiger partial charge in [0.15, 0.2) is 0 Å². The number of anilines is 1. The largest absolute Gasteiger partial charge is 0.399 e. The molecular weight excluding hydrogens is 248 g/mol. The summed E-state index contributed by atoms with van der Waals surface area (Å²) in [5.41, 5.74) is 6.83. The van der Waals surface area contributed by atoms with E-state index in [1.807, 2.05) is 6.92 Å². The van der Waals surface area contributed by atoms with E-state index in [0.717, 1.165) is 6.42 Å². The van der Waals surface area contributed by atoms with Crippen molar-refractivity contribution in [1.29, 1.82) is 0 Å². The zero-order chi connectivity index (χ0) is 13.8. The van der Waals surface area contributed by atoms with E-state index in [0.29, 0.717) is 24.3 Å². The van der Waals surface area contributed by atoms with Gasteiger partial charge in [-0.3, -0.25) is 0 Å². The van der Waals surface area contributed by atoms with Crippen LogP contribution in [0.2, 0.25) is 0 Å². The van der Waals surface area contributed by atoms with Crippen LogP contribution in [-0.2, 0) is 10.0 Å². The molecule has 0 aliphatic carbocycles. The first-order chi connectivity index (χ1) is 8.43. The van der Waals surface area contributed by atoms with Gasteiger partial charge in [0, 0.05) is 18.8 Å². The van der Waals surface area contributed by atoms with Gasteiger partial charge in [-0.25, -0.2) is 8.42 Å². The molecule has 100 valence electrons. The fourth-order valence-electron chi connectivity index (χ4n) is 1.74. The van der Waals surface area contributed by atoms with Crippen molar-refractivity contribution in [3.05, 3.63) is 36.4 Å². The highest BCUT2D eigenvalue weighted by molar-refractivity contribution is 7.89. The lowest BCUT2D eigenvalue weighted by Crippen LogP contribution is -2.32. The van der Waals surface area contributed by atoms with Gasteiger partial charge in [0.25, 0.3) is 0 Å². The van der Waals surface area contributed by atoms with Gasteiger partial charge in [-0.05, 0) is 31.0 Å². The van der Waals surface area contributed by atoms with E-state index in [-0.39, 0.29) is 4.90 Å². The Bertz CT molecular complexity index is 524. The highest BCUT2D eigenvalue weighted by Gasteiger charge is 2.24. The van der Waals surface area contributed by atoms with E-state index in [9.17, 15) is 8.42 Å². The number of rotatable bonds is 6. The van der Waals surface area contributed by atoms with E-state index in [1.165, 1.54) is 10.4 Å². The standard InChI is InChI=1S/C13H20N2O2S/c1-4-8-15(9-5-2)18(16,17)13-10-12(14)7-6-11(13)3/h4,6-7,10H,1,5,8-9,14H2,2-3H3. The van der Waals surface area contributed by atoms with Crippen LogP contribution in [0.4, 0.5) is 5.69 Å². The molecule has 1 aromatic rings. The molecule has 0 spiro atoms. The molecule has 0 bridgehead atoms. The molecule has 0 aliphatic rings. The molecular formula is C13H20N2O2S. The molecule has 0 saturated heterocycles. The number of aryl methyl sites for hydroxylation is 1. The van der Waals surface area contributed by atoms with E-state index < -0.39 is 10.0 Å². The second kappa shape index (κ2) is 6.02. The zero-order valence-corrected chi connectivity index (χ0v) is 11.7. The van der Waals surface area contributed by atoms with Crippen molar-refractivity contribution in [2.45, 2.75) is 25.2 Å². The van der Waals surface area contributed by atoms with Crippen molar-refractivity contribution in [2.75, 3.05) is 18.8 Å². The lowest BCUT2D eigenvalue weighted by atomic mass is 10.2. The quantitative estimate of drug-likeness (QED) is 0.635. The van der Waals surface area contributed by atoms with E-state index in [1.54, 1.807) is 25.1 Å². The highest BCUT2D eigenvalue weighted by atomic mass is 32.2. The highest BCUT2D eigenvalue weighted by Crippen LogP contribution is 2.22. The van der Waals surface area contributed by atoms with Crippen molar-refractivity contribution in [3.63, 3.8) is 0 Å². The number of benzene rings is 1. The molecule has 2 N–H and O–H groups in total. The molecule has 1 aromatic carbocycles. The average Bonchev–Trinajstić information content (AvgIpc) is 2.32. The Hall–Kier alpha value is -1.33. The van der Waals surface area contributed by atoms with Gasteiger partial charge in [0.05, 0.1) is 4.90 Å². The van der Waals surface area contributed by atoms with Crippen LogP contribution in [0.1, 0.15) is 18.9 Å². The van der Waals surface area contributed by atoms with Crippen LogP contribution < -0.4 is 5.73 Å². The molecule has 0 heterocycles. The van der Waals surface area contributed by atoms with Gasteiger partial charge < -0.3 is 5.73 Å². The first kappa shape index (κ1) is 14.7. The Morgan fingerprint density at radius 2 is 2.11 bits per heavy atom. The van der Waals surface area contributed by atoms with Crippen molar-refractivity contribution < 1.29 is 8.42 Å². The number of nitrogens with zero attached hydrogens (tertiary/aromatic N) is 1. The third-order valence-corrected chi connectivity index (χ3v) is 4.64. The van der Waals surface area contributed by atoms with Crippen molar-refractivity contribution in [3.8, 4) is 0 Å². The normalized spacial score (nSPS) is 11.7. The van der Waals surface area contributed by atoms with E-state index in [2.05, 4.69) is 6.58 Å². The van der Waals surface area contributed by atoms with Gasteiger partial charge in [0.1, 0.15) is 0 Å². The van der Waals surface area contributed by atoms with Crippen molar-refractivity contribution in [2.24, 2.45) is 0 Å². The fraction of sp³-hybridized carbons (Fsp3) is 0.385. The predicted octanol–water partition coefficient (Wildman–Crippen LogP) is 2.16. The maximum absolute atomic E-state index is 12.5. The minimum absolute atomic E-state index is 0.276. The van der Waals surface area contributed by atoms with Crippen LogP contribution in [0.3, 0.4) is 0 Å². The summed E-state index contributed by atoms with van der Waals surface area (Å²) in [6.45, 7) is 8.09. The number of hydrogen-bond donors (Lipinski definition) is 1. The van der Waals surface area contributed by atoms with Crippen LogP contribution >= 0.6 is 0 Å². The molecule has 0 amide bonds. The third kappa shape index (κ3) is 3.11. The van der Waals surface area contributed by atoms with Gasteiger partial charge >= 0.3 is 0 Å². The lowest BCUT2D eigenvalue weighted by molar-refractivity contribution is 0.441. The maximum Gasteiger partial charge on any atom is 0.243 e. The molecule has 5 heteroatoms. The molecule has 4 nitrogen and oxygen atoms in total. The van der Waals surface area contributed by atoms with Crippen LogP contribution in [0.15, 0.2) is 35.7 Å². The average molecular weight is 268 g/mol. The summed E-state index contributed by atoms with van der Waals surface area (Å²) in [5, 5.41) is 0. The Kier molecular flexibility index (Phi) is 4.93. The van der Waals surface area contributed by atoms with E-state index in [4.69, 9.17) is 5.73 Å². The molecule has 0 radical (unpaired) electrons. The van der Waals surface area contributed by atoms with Crippen molar-refractivity contribution in [1.82, 2.24) is 4.31 Å². The minimum atomic E-state index is -3.50. The molecule has 1 rings (SSSR count). The summed E-state index contributed by atoms with van der Waals surface area (Å²) in [6.07, 6.45) is 2.35. The first-order valence-corrected chi connectivity index (χ1v) is 7.34. The van der Waals surface area contributed by atoms with Crippen LogP contribution in [-0.4, -0.2) is 25.8 Å². The summed E-state index contributed by atoms with van der Waals surface area (Å²) in [4.78, 5) is 0.276. The lowest BCUT2D eigenvalue weighted by Gasteiger charge is -2.21. The molecule has 0 aliphatic heterocycles. The van der Waals surface area contributed by atoms with Gasteiger partial charge in [-0.2, -0.15) is 4.31 Å². The van der Waals surface area contributed by atoms with Crippen LogP contribution in [0.5, 0.6) is 0 Å². The maximum atomic E-state index is 12.5. The minimum Gasteiger partial charge on any atom is -0.399 e. The third-order valence-electron chi connectivity index (χ3n) is 2.64. The molecule has 0 fully saturated rings. The second-order valence-corrected chi connectivity index (χ2v) is 6.08. The fourth-order valence-corrected chi connectivity index (χ4v) is 3.50. The summed E-state index contributed by atoms with van der Waals surface area (Å²) in [7, 11) is -3.50. The molecule has 0 unspecified atom stereocenters.